The third kappa shape index (κ3) is 3.17. The predicted molar refractivity (Wildman–Crippen MR) is 80.0 cm³/mol. The van der Waals surface area contributed by atoms with Gasteiger partial charge in [0.05, 0.1) is 4.75 Å². The van der Waals surface area contributed by atoms with Crippen LogP contribution in [0, 0.1) is 0 Å². The van der Waals surface area contributed by atoms with Gasteiger partial charge in [-0.3, -0.25) is 0 Å². The van der Waals surface area contributed by atoms with Gasteiger partial charge >= 0.3 is 0 Å². The van der Waals surface area contributed by atoms with E-state index in [1.165, 1.54) is 16.8 Å². The molecule has 1 atom stereocenters. The van der Waals surface area contributed by atoms with Crippen LogP contribution in [0.5, 0.6) is 0 Å². The fourth-order valence-electron chi connectivity index (χ4n) is 2.15. The number of thiol groups is 1. The van der Waals surface area contributed by atoms with E-state index in [-0.39, 0.29) is 4.75 Å². The molecule has 17 heavy (non-hydrogen) atoms. The van der Waals surface area contributed by atoms with Gasteiger partial charge in [-0.1, -0.05) is 32.9 Å². The van der Waals surface area contributed by atoms with E-state index < -0.39 is 0 Å². The lowest BCUT2D eigenvalue weighted by Gasteiger charge is -2.20. The summed E-state index contributed by atoms with van der Waals surface area (Å²) in [6.45, 7) is 11.1. The van der Waals surface area contributed by atoms with Crippen molar-refractivity contribution in [3.05, 3.63) is 29.3 Å². The zero-order valence-corrected chi connectivity index (χ0v) is 12.2. The van der Waals surface area contributed by atoms with Crippen LogP contribution in [-0.2, 0) is 11.3 Å². The Morgan fingerprint density at radius 3 is 2.76 bits per heavy atom. The first-order chi connectivity index (χ1) is 8.15. The average molecular weight is 252 g/mol. The molecular formula is C14H24N2S. The topological polar surface area (TPSA) is 24.1 Å². The summed E-state index contributed by atoms with van der Waals surface area (Å²) in [5.41, 5.74) is 3.95. The lowest BCUT2D eigenvalue weighted by molar-refractivity contribution is 0.701. The van der Waals surface area contributed by atoms with E-state index in [4.69, 9.17) is 12.6 Å². The van der Waals surface area contributed by atoms with Crippen LogP contribution in [0.1, 0.15) is 38.8 Å². The van der Waals surface area contributed by atoms with Crippen LogP contribution in [0.3, 0.4) is 0 Å². The molecule has 0 fully saturated rings. The Bertz CT molecular complexity index is 361. The Labute approximate surface area is 111 Å². The quantitative estimate of drug-likeness (QED) is 0.718. The van der Waals surface area contributed by atoms with Gasteiger partial charge in [-0.05, 0) is 30.7 Å². The molecule has 2 nitrogen and oxygen atoms in total. The highest BCUT2D eigenvalue weighted by atomic mass is 32.1. The molecule has 1 aromatic carbocycles. The van der Waals surface area contributed by atoms with Gasteiger partial charge in [0.1, 0.15) is 0 Å². The monoisotopic (exact) mass is 252 g/mol. The molecule has 1 heterocycles. The van der Waals surface area contributed by atoms with Crippen molar-refractivity contribution in [2.24, 2.45) is 0 Å². The standard InChI is InChI=1S/C12H18N2S.C2H6/c1-3-13-7-9-5-4-6-10-11(9)12(2,15)8-14-10;1-2/h4-6,13-15H,3,7-8H2,1-2H3;1-2H3. The number of fused-ring (bicyclic) bond motifs is 1. The lowest BCUT2D eigenvalue weighted by atomic mass is 9.96. The highest BCUT2D eigenvalue weighted by Crippen LogP contribution is 2.41. The molecule has 0 saturated carbocycles. The van der Waals surface area contributed by atoms with E-state index in [0.29, 0.717) is 0 Å². The van der Waals surface area contributed by atoms with Gasteiger partial charge in [0.2, 0.25) is 0 Å². The molecular weight excluding hydrogens is 228 g/mol. The second-order valence-electron chi connectivity index (χ2n) is 4.25. The van der Waals surface area contributed by atoms with Crippen molar-refractivity contribution in [2.45, 2.75) is 39.0 Å². The van der Waals surface area contributed by atoms with Crippen molar-refractivity contribution >= 4 is 18.3 Å². The molecule has 0 amide bonds. The van der Waals surface area contributed by atoms with Crippen molar-refractivity contribution in [1.82, 2.24) is 5.32 Å². The second kappa shape index (κ2) is 6.31. The van der Waals surface area contributed by atoms with E-state index in [1.54, 1.807) is 0 Å². The Hall–Kier alpha value is -0.670. The highest BCUT2D eigenvalue weighted by molar-refractivity contribution is 7.81. The number of hydrogen-bond donors (Lipinski definition) is 3. The van der Waals surface area contributed by atoms with Gasteiger partial charge in [-0.2, -0.15) is 12.6 Å². The predicted octanol–water partition coefficient (Wildman–Crippen LogP) is 3.39. The third-order valence-corrected chi connectivity index (χ3v) is 3.26. The number of anilines is 1. The Morgan fingerprint density at radius 1 is 1.41 bits per heavy atom. The van der Waals surface area contributed by atoms with Crippen molar-refractivity contribution in [2.75, 3.05) is 18.4 Å². The molecule has 0 saturated heterocycles. The Balaban J connectivity index is 0.000000686. The van der Waals surface area contributed by atoms with Crippen molar-refractivity contribution in [3.8, 4) is 0 Å². The Kier molecular flexibility index (Phi) is 5.34. The number of benzene rings is 1. The third-order valence-electron chi connectivity index (χ3n) is 2.88. The minimum Gasteiger partial charge on any atom is -0.383 e. The molecule has 2 rings (SSSR count). The van der Waals surface area contributed by atoms with E-state index in [0.717, 1.165) is 19.6 Å². The van der Waals surface area contributed by atoms with Crippen molar-refractivity contribution in [1.29, 1.82) is 0 Å². The smallest absolute Gasteiger partial charge is 0.0545 e. The molecule has 1 unspecified atom stereocenters. The van der Waals surface area contributed by atoms with Crippen LogP contribution in [0.4, 0.5) is 5.69 Å². The summed E-state index contributed by atoms with van der Waals surface area (Å²) in [5, 5.41) is 6.77. The zero-order valence-electron chi connectivity index (χ0n) is 11.3. The van der Waals surface area contributed by atoms with Crippen LogP contribution in [0.15, 0.2) is 18.2 Å². The van der Waals surface area contributed by atoms with Gasteiger partial charge in [-0.15, -0.1) is 0 Å². The fourth-order valence-corrected chi connectivity index (χ4v) is 2.49. The molecule has 1 aliphatic heterocycles. The first-order valence-electron chi connectivity index (χ1n) is 6.44. The van der Waals surface area contributed by atoms with Crippen LogP contribution in [0.2, 0.25) is 0 Å². The van der Waals surface area contributed by atoms with E-state index >= 15 is 0 Å². The average Bonchev–Trinajstić information content (AvgIpc) is 2.66. The van der Waals surface area contributed by atoms with Crippen molar-refractivity contribution in [3.63, 3.8) is 0 Å². The maximum atomic E-state index is 4.73. The first-order valence-corrected chi connectivity index (χ1v) is 6.89. The van der Waals surface area contributed by atoms with E-state index in [9.17, 15) is 0 Å². The molecule has 2 N–H and O–H groups in total. The fraction of sp³-hybridized carbons (Fsp3) is 0.571. The Morgan fingerprint density at radius 2 is 2.12 bits per heavy atom. The van der Waals surface area contributed by atoms with Gasteiger partial charge in [0.15, 0.2) is 0 Å². The number of hydrogen-bond acceptors (Lipinski definition) is 3. The van der Waals surface area contributed by atoms with E-state index in [2.05, 4.69) is 42.7 Å². The minimum absolute atomic E-state index is 0.0403. The summed E-state index contributed by atoms with van der Waals surface area (Å²) in [5.74, 6) is 0. The maximum Gasteiger partial charge on any atom is 0.0545 e. The molecule has 3 heteroatoms. The van der Waals surface area contributed by atoms with Crippen LogP contribution in [0.25, 0.3) is 0 Å². The normalized spacial score (nSPS) is 21.2. The summed E-state index contributed by atoms with van der Waals surface area (Å²) < 4.78 is -0.0403. The summed E-state index contributed by atoms with van der Waals surface area (Å²) in [7, 11) is 0. The van der Waals surface area contributed by atoms with Gasteiger partial charge < -0.3 is 10.6 Å². The molecule has 0 aliphatic carbocycles. The first kappa shape index (κ1) is 14.4. The number of nitrogens with one attached hydrogen (secondary N) is 2. The van der Waals surface area contributed by atoms with Crippen molar-refractivity contribution < 1.29 is 0 Å². The lowest BCUT2D eigenvalue weighted by Crippen LogP contribution is -2.20. The molecule has 1 aliphatic rings. The van der Waals surface area contributed by atoms with Crippen LogP contribution in [-0.4, -0.2) is 13.1 Å². The minimum atomic E-state index is -0.0403. The molecule has 0 spiro atoms. The van der Waals surface area contributed by atoms with Crippen LogP contribution >= 0.6 is 12.6 Å². The van der Waals surface area contributed by atoms with Gasteiger partial charge in [-0.25, -0.2) is 0 Å². The highest BCUT2D eigenvalue weighted by Gasteiger charge is 2.32. The summed E-state index contributed by atoms with van der Waals surface area (Å²) in [4.78, 5) is 0. The molecule has 1 aromatic rings. The largest absolute Gasteiger partial charge is 0.383 e. The zero-order chi connectivity index (χ0) is 12.9. The summed E-state index contributed by atoms with van der Waals surface area (Å²) in [6.07, 6.45) is 0. The molecule has 96 valence electrons. The molecule has 0 aromatic heterocycles. The SMILES string of the molecule is CC.CCNCc1cccc2c1C(C)(S)CN2. The van der Waals surface area contributed by atoms with Gasteiger partial charge in [0.25, 0.3) is 0 Å². The second-order valence-corrected chi connectivity index (χ2v) is 5.23. The van der Waals surface area contributed by atoms with Crippen LogP contribution < -0.4 is 10.6 Å². The van der Waals surface area contributed by atoms with Gasteiger partial charge in [0, 0.05) is 18.8 Å². The maximum absolute atomic E-state index is 4.73. The number of rotatable bonds is 3. The molecule has 0 radical (unpaired) electrons. The summed E-state index contributed by atoms with van der Waals surface area (Å²) in [6, 6.07) is 6.42. The molecule has 0 bridgehead atoms. The summed E-state index contributed by atoms with van der Waals surface area (Å²) >= 11 is 4.73. The van der Waals surface area contributed by atoms with E-state index in [1.807, 2.05) is 13.8 Å².